The molecule has 1 N–H and O–H groups in total. The molecule has 4 aliphatic carbocycles. The van der Waals surface area contributed by atoms with Gasteiger partial charge < -0.3 is 14.6 Å². The average Bonchev–Trinajstić information content (AvgIpc) is 3.32. The lowest BCUT2D eigenvalue weighted by atomic mass is 9.47. The zero-order valence-corrected chi connectivity index (χ0v) is 22.7. The Morgan fingerprint density at radius 2 is 1.94 bits per heavy atom. The maximum Gasteiger partial charge on any atom is 0.106 e. The number of ether oxygens (including phenoxy) is 2. The Balaban J connectivity index is 1.14. The molecule has 0 aromatic carbocycles. The van der Waals surface area contributed by atoms with Gasteiger partial charge in [-0.25, -0.2) is 0 Å². The number of rotatable bonds is 5. The Hall–Kier alpha value is -0.840. The summed E-state index contributed by atoms with van der Waals surface area (Å²) < 4.78 is 12.3. The van der Waals surface area contributed by atoms with Gasteiger partial charge >= 0.3 is 0 Å². The molecule has 196 valence electrons. The molecule has 3 saturated carbocycles. The highest BCUT2D eigenvalue weighted by molar-refractivity contribution is 5.30. The quantitative estimate of drug-likeness (QED) is 0.490. The van der Waals surface area contributed by atoms with E-state index in [0.717, 1.165) is 63.3 Å². The molecule has 6 rings (SSSR count). The molecule has 4 nitrogen and oxygen atoms in total. The first-order valence-corrected chi connectivity index (χ1v) is 14.8. The molecule has 1 saturated heterocycles. The van der Waals surface area contributed by atoms with Crippen LogP contribution in [0.15, 0.2) is 23.0 Å². The van der Waals surface area contributed by atoms with Crippen molar-refractivity contribution in [2.45, 2.75) is 97.7 Å². The molecule has 0 aromatic heterocycles. The minimum absolute atomic E-state index is 0.109. The molecule has 0 spiro atoms. The van der Waals surface area contributed by atoms with Gasteiger partial charge in [0, 0.05) is 32.0 Å². The summed E-state index contributed by atoms with van der Waals surface area (Å²) in [6, 6.07) is 0. The van der Waals surface area contributed by atoms with Crippen molar-refractivity contribution in [1.29, 1.82) is 0 Å². The van der Waals surface area contributed by atoms with Crippen molar-refractivity contribution in [2.75, 3.05) is 32.8 Å². The molecule has 0 amide bonds. The number of fused-ring (bicyclic) bond motifs is 7. The molecule has 4 fully saturated rings. The fourth-order valence-electron chi connectivity index (χ4n) is 9.92. The summed E-state index contributed by atoms with van der Waals surface area (Å²) in [6.45, 7) is 15.1. The van der Waals surface area contributed by atoms with Gasteiger partial charge in [0.2, 0.25) is 0 Å². The van der Waals surface area contributed by atoms with Gasteiger partial charge in [-0.05, 0) is 98.4 Å². The summed E-state index contributed by atoms with van der Waals surface area (Å²) in [5.74, 6) is 5.07. The average molecular weight is 484 g/mol. The first-order chi connectivity index (χ1) is 16.8. The molecule has 0 aromatic rings. The van der Waals surface area contributed by atoms with Crippen molar-refractivity contribution in [2.24, 2.45) is 40.4 Å². The fourth-order valence-corrected chi connectivity index (χ4v) is 9.92. The number of hydrogen-bond donors (Lipinski definition) is 1. The van der Waals surface area contributed by atoms with Crippen LogP contribution in [-0.4, -0.2) is 55.1 Å². The maximum absolute atomic E-state index is 10.3. The van der Waals surface area contributed by atoms with E-state index in [1.54, 1.807) is 11.1 Å². The third-order valence-electron chi connectivity index (χ3n) is 11.8. The second-order valence-corrected chi connectivity index (χ2v) is 13.7. The van der Waals surface area contributed by atoms with Crippen LogP contribution in [0.3, 0.4) is 0 Å². The molecule has 9 atom stereocenters. The monoisotopic (exact) mass is 483 g/mol. The van der Waals surface area contributed by atoms with Crippen LogP contribution in [0.5, 0.6) is 0 Å². The van der Waals surface area contributed by atoms with E-state index < -0.39 is 0 Å². The van der Waals surface area contributed by atoms with E-state index in [1.807, 2.05) is 0 Å². The molecular formula is C31H49NO3. The highest BCUT2D eigenvalue weighted by Gasteiger charge is 2.63. The van der Waals surface area contributed by atoms with Crippen molar-refractivity contribution in [3.8, 4) is 0 Å². The van der Waals surface area contributed by atoms with Crippen LogP contribution >= 0.6 is 0 Å². The molecule has 2 aliphatic heterocycles. The predicted molar refractivity (Wildman–Crippen MR) is 140 cm³/mol. The van der Waals surface area contributed by atoms with Crippen LogP contribution < -0.4 is 0 Å². The number of morpholine rings is 1. The van der Waals surface area contributed by atoms with Crippen LogP contribution in [0.1, 0.15) is 85.5 Å². The van der Waals surface area contributed by atoms with Crippen LogP contribution in [0.4, 0.5) is 0 Å². The van der Waals surface area contributed by atoms with E-state index >= 15 is 0 Å². The zero-order chi connectivity index (χ0) is 24.4. The highest BCUT2D eigenvalue weighted by Crippen LogP contribution is 2.68. The summed E-state index contributed by atoms with van der Waals surface area (Å²) in [6.07, 6.45) is 13.5. The number of aliphatic hydroxyl groups is 1. The SMILES string of the molecule is CC1=C(CCC(C)CN2CCOCC2)O[C@H]2C[C@H]3[C@@H]4CC=C5C[C@@H](O)CC[C@]5(C)[C@H]4CC[C@]3(C)[C@@H]12. The van der Waals surface area contributed by atoms with Gasteiger partial charge in [0.1, 0.15) is 6.10 Å². The molecule has 35 heavy (non-hydrogen) atoms. The Labute approximate surface area is 213 Å². The summed E-state index contributed by atoms with van der Waals surface area (Å²) in [5, 5.41) is 10.3. The largest absolute Gasteiger partial charge is 0.494 e. The minimum atomic E-state index is -0.109. The second kappa shape index (κ2) is 9.17. The van der Waals surface area contributed by atoms with Gasteiger partial charge in [-0.15, -0.1) is 0 Å². The standard InChI is InChI=1S/C31H49NO3/c1-20(19-32-13-15-34-16-14-32)5-8-27-21(2)29-28(35-27)18-26-24-7-6-22-17-23(33)9-11-30(22,3)25(24)10-12-31(26,29)4/h6,20,23-26,28-29,33H,5,7-19H2,1-4H3/t20?,23-,24+,25-,26-,28-,29-,30-,31-/m0/s1. The molecule has 4 heteroatoms. The summed E-state index contributed by atoms with van der Waals surface area (Å²) in [4.78, 5) is 2.57. The smallest absolute Gasteiger partial charge is 0.106 e. The lowest BCUT2D eigenvalue weighted by Gasteiger charge is -2.57. The molecular weight excluding hydrogens is 434 g/mol. The highest BCUT2D eigenvalue weighted by atomic mass is 16.5. The maximum atomic E-state index is 10.3. The lowest BCUT2D eigenvalue weighted by Crippen LogP contribution is -2.50. The van der Waals surface area contributed by atoms with Gasteiger partial charge in [0.05, 0.1) is 25.1 Å². The number of hydrogen-bond acceptors (Lipinski definition) is 4. The molecule has 6 aliphatic rings. The van der Waals surface area contributed by atoms with Gasteiger partial charge in [0.15, 0.2) is 0 Å². The van der Waals surface area contributed by atoms with Gasteiger partial charge in [0.25, 0.3) is 0 Å². The second-order valence-electron chi connectivity index (χ2n) is 13.7. The normalized spacial score (nSPS) is 46.3. The van der Waals surface area contributed by atoms with Crippen LogP contribution in [0.25, 0.3) is 0 Å². The topological polar surface area (TPSA) is 41.9 Å². The Bertz CT molecular complexity index is 874. The van der Waals surface area contributed by atoms with Gasteiger partial charge in [-0.2, -0.15) is 0 Å². The van der Waals surface area contributed by atoms with E-state index in [4.69, 9.17) is 9.47 Å². The number of nitrogens with zero attached hydrogens (tertiary/aromatic N) is 1. The van der Waals surface area contributed by atoms with E-state index in [-0.39, 0.29) is 6.10 Å². The molecule has 0 bridgehead atoms. The van der Waals surface area contributed by atoms with Crippen molar-refractivity contribution in [1.82, 2.24) is 4.90 Å². The summed E-state index contributed by atoms with van der Waals surface area (Å²) in [5.41, 5.74) is 3.90. The summed E-state index contributed by atoms with van der Waals surface area (Å²) in [7, 11) is 0. The Morgan fingerprint density at radius 1 is 1.14 bits per heavy atom. The van der Waals surface area contributed by atoms with Crippen LogP contribution in [0, 0.1) is 40.4 Å². The Morgan fingerprint density at radius 3 is 2.74 bits per heavy atom. The summed E-state index contributed by atoms with van der Waals surface area (Å²) >= 11 is 0. The van der Waals surface area contributed by atoms with Crippen molar-refractivity contribution in [3.63, 3.8) is 0 Å². The zero-order valence-electron chi connectivity index (χ0n) is 22.7. The number of aliphatic hydroxyl groups excluding tert-OH is 1. The van der Waals surface area contributed by atoms with Crippen LogP contribution in [-0.2, 0) is 9.47 Å². The van der Waals surface area contributed by atoms with Crippen LogP contribution in [0.2, 0.25) is 0 Å². The number of allylic oxidation sites excluding steroid dienone is 2. The first-order valence-electron chi connectivity index (χ1n) is 14.8. The van der Waals surface area contributed by atoms with Gasteiger partial charge in [-0.3, -0.25) is 4.90 Å². The third-order valence-corrected chi connectivity index (χ3v) is 11.8. The lowest BCUT2D eigenvalue weighted by molar-refractivity contribution is -0.0454. The van der Waals surface area contributed by atoms with E-state index in [1.165, 1.54) is 50.8 Å². The fraction of sp³-hybridized carbons (Fsp3) is 0.871. The van der Waals surface area contributed by atoms with Crippen molar-refractivity contribution < 1.29 is 14.6 Å². The third kappa shape index (κ3) is 4.05. The minimum Gasteiger partial charge on any atom is -0.494 e. The van der Waals surface area contributed by atoms with Crippen molar-refractivity contribution in [3.05, 3.63) is 23.0 Å². The first kappa shape index (κ1) is 24.5. The predicted octanol–water partition coefficient (Wildman–Crippen LogP) is 5.96. The van der Waals surface area contributed by atoms with E-state index in [2.05, 4.69) is 38.7 Å². The molecule has 2 heterocycles. The van der Waals surface area contributed by atoms with Crippen molar-refractivity contribution >= 4 is 0 Å². The Kier molecular flexibility index (Phi) is 6.42. The van der Waals surface area contributed by atoms with E-state index in [9.17, 15) is 5.11 Å². The van der Waals surface area contributed by atoms with E-state index in [0.29, 0.717) is 28.8 Å². The molecule has 1 unspecified atom stereocenters. The van der Waals surface area contributed by atoms with Gasteiger partial charge in [-0.1, -0.05) is 32.4 Å². The molecule has 0 radical (unpaired) electrons.